The number of carbonyl (C=O) groups excluding carboxylic acids is 2. The molecule has 2 aliphatic rings. The van der Waals surface area contributed by atoms with Crippen molar-refractivity contribution in [2.75, 3.05) is 26.2 Å². The highest BCUT2D eigenvalue weighted by Crippen LogP contribution is 2.27. The molecule has 21 heavy (non-hydrogen) atoms. The van der Waals surface area contributed by atoms with Gasteiger partial charge in [0, 0.05) is 42.8 Å². The van der Waals surface area contributed by atoms with Crippen molar-refractivity contribution in [1.82, 2.24) is 14.8 Å². The third kappa shape index (κ3) is 3.15. The predicted molar refractivity (Wildman–Crippen MR) is 82.9 cm³/mol. The topological polar surface area (TPSA) is 56.4 Å². The third-order valence-corrected chi connectivity index (χ3v) is 4.92. The Morgan fingerprint density at radius 2 is 1.71 bits per heavy atom. The van der Waals surface area contributed by atoms with E-state index in [-0.39, 0.29) is 11.8 Å². The Bertz CT molecular complexity index is 529. The number of piperazine rings is 1. The fourth-order valence-electron chi connectivity index (χ4n) is 3.22. The number of aromatic nitrogens is 1. The van der Waals surface area contributed by atoms with Gasteiger partial charge in [0.15, 0.2) is 0 Å². The van der Waals surface area contributed by atoms with Gasteiger partial charge in [0.1, 0.15) is 5.69 Å². The van der Waals surface area contributed by atoms with Crippen molar-refractivity contribution >= 4 is 27.7 Å². The number of amides is 2. The number of H-pyrrole nitrogens is 1. The lowest BCUT2D eigenvalue weighted by Crippen LogP contribution is -2.51. The number of hydrogen-bond donors (Lipinski definition) is 1. The minimum atomic E-state index is 0.00802. The van der Waals surface area contributed by atoms with Gasteiger partial charge in [-0.1, -0.05) is 12.8 Å². The van der Waals surface area contributed by atoms with Crippen LogP contribution in [-0.2, 0) is 4.79 Å². The Hall–Kier alpha value is -1.30. The maximum atomic E-state index is 12.4. The number of carbonyl (C=O) groups is 2. The predicted octanol–water partition coefficient (Wildman–Crippen LogP) is 2.25. The summed E-state index contributed by atoms with van der Waals surface area (Å²) < 4.78 is 0.876. The average Bonchev–Trinajstić information content (AvgIpc) is 3.17. The summed E-state index contributed by atoms with van der Waals surface area (Å²) in [7, 11) is 0. The van der Waals surface area contributed by atoms with Gasteiger partial charge in [-0.3, -0.25) is 9.59 Å². The van der Waals surface area contributed by atoms with Gasteiger partial charge in [0.2, 0.25) is 5.91 Å². The van der Waals surface area contributed by atoms with Crippen LogP contribution in [0.25, 0.3) is 0 Å². The van der Waals surface area contributed by atoms with Crippen LogP contribution in [0.3, 0.4) is 0 Å². The Morgan fingerprint density at radius 1 is 1.10 bits per heavy atom. The highest BCUT2D eigenvalue weighted by Gasteiger charge is 2.30. The molecular weight excluding hydrogens is 334 g/mol. The Balaban J connectivity index is 1.55. The van der Waals surface area contributed by atoms with E-state index in [0.29, 0.717) is 37.8 Å². The number of aromatic amines is 1. The Kier molecular flexibility index (Phi) is 4.33. The first-order valence-electron chi connectivity index (χ1n) is 7.57. The van der Waals surface area contributed by atoms with E-state index in [4.69, 9.17) is 0 Å². The maximum absolute atomic E-state index is 12.4. The lowest BCUT2D eigenvalue weighted by molar-refractivity contribution is -0.136. The van der Waals surface area contributed by atoms with Gasteiger partial charge < -0.3 is 14.8 Å². The molecule has 1 aromatic heterocycles. The number of rotatable bonds is 2. The fourth-order valence-corrected chi connectivity index (χ4v) is 3.57. The SMILES string of the molecule is O=C(c1cc(Br)c[nH]1)N1CCN(C(=O)C2CCCC2)CC1. The van der Waals surface area contributed by atoms with Crippen molar-refractivity contribution in [3.63, 3.8) is 0 Å². The summed E-state index contributed by atoms with van der Waals surface area (Å²) >= 11 is 3.34. The zero-order valence-corrected chi connectivity index (χ0v) is 13.6. The first kappa shape index (κ1) is 14.6. The summed E-state index contributed by atoms with van der Waals surface area (Å²) in [6, 6.07) is 1.79. The summed E-state index contributed by atoms with van der Waals surface area (Å²) in [5, 5.41) is 0. The second-order valence-electron chi connectivity index (χ2n) is 5.83. The van der Waals surface area contributed by atoms with Crippen LogP contribution in [0.15, 0.2) is 16.7 Å². The van der Waals surface area contributed by atoms with E-state index in [2.05, 4.69) is 20.9 Å². The second-order valence-corrected chi connectivity index (χ2v) is 6.75. The molecule has 1 saturated heterocycles. The molecule has 3 rings (SSSR count). The van der Waals surface area contributed by atoms with Crippen LogP contribution < -0.4 is 0 Å². The molecule has 2 heterocycles. The Labute approximate surface area is 132 Å². The summed E-state index contributed by atoms with van der Waals surface area (Å²) in [4.78, 5) is 31.4. The molecule has 1 saturated carbocycles. The largest absolute Gasteiger partial charge is 0.356 e. The van der Waals surface area contributed by atoms with Gasteiger partial charge in [-0.25, -0.2) is 0 Å². The lowest BCUT2D eigenvalue weighted by atomic mass is 10.1. The van der Waals surface area contributed by atoms with Crippen LogP contribution in [-0.4, -0.2) is 52.8 Å². The summed E-state index contributed by atoms with van der Waals surface area (Å²) in [5.41, 5.74) is 0.595. The molecule has 1 N–H and O–H groups in total. The lowest BCUT2D eigenvalue weighted by Gasteiger charge is -2.35. The van der Waals surface area contributed by atoms with Crippen molar-refractivity contribution < 1.29 is 9.59 Å². The van der Waals surface area contributed by atoms with Crippen molar-refractivity contribution in [3.8, 4) is 0 Å². The van der Waals surface area contributed by atoms with Gasteiger partial charge in [-0.2, -0.15) is 0 Å². The monoisotopic (exact) mass is 353 g/mol. The average molecular weight is 354 g/mol. The van der Waals surface area contributed by atoms with E-state index in [1.807, 2.05) is 9.80 Å². The van der Waals surface area contributed by atoms with Crippen LogP contribution in [0.4, 0.5) is 0 Å². The molecule has 0 atom stereocenters. The van der Waals surface area contributed by atoms with Crippen LogP contribution in [0.5, 0.6) is 0 Å². The maximum Gasteiger partial charge on any atom is 0.270 e. The minimum Gasteiger partial charge on any atom is -0.356 e. The van der Waals surface area contributed by atoms with Crippen molar-refractivity contribution in [2.45, 2.75) is 25.7 Å². The molecule has 0 aromatic carbocycles. The molecule has 1 aliphatic carbocycles. The van der Waals surface area contributed by atoms with E-state index in [1.165, 1.54) is 12.8 Å². The second kappa shape index (κ2) is 6.22. The van der Waals surface area contributed by atoms with Gasteiger partial charge in [0.25, 0.3) is 5.91 Å². The highest BCUT2D eigenvalue weighted by atomic mass is 79.9. The van der Waals surface area contributed by atoms with E-state index < -0.39 is 0 Å². The molecule has 6 heteroatoms. The number of nitrogens with one attached hydrogen (secondary N) is 1. The van der Waals surface area contributed by atoms with Crippen molar-refractivity contribution in [1.29, 1.82) is 0 Å². The molecule has 114 valence electrons. The molecule has 2 amide bonds. The molecule has 2 fully saturated rings. The first-order chi connectivity index (χ1) is 10.1. The molecule has 0 radical (unpaired) electrons. The summed E-state index contributed by atoms with van der Waals surface area (Å²) in [5.74, 6) is 0.530. The van der Waals surface area contributed by atoms with E-state index in [1.54, 1.807) is 12.3 Å². The first-order valence-corrected chi connectivity index (χ1v) is 8.36. The fraction of sp³-hybridized carbons (Fsp3) is 0.600. The number of halogens is 1. The molecule has 0 spiro atoms. The zero-order valence-electron chi connectivity index (χ0n) is 12.0. The quantitative estimate of drug-likeness (QED) is 0.886. The Morgan fingerprint density at radius 3 is 2.29 bits per heavy atom. The number of hydrogen-bond acceptors (Lipinski definition) is 2. The summed E-state index contributed by atoms with van der Waals surface area (Å²) in [6.07, 6.45) is 6.18. The minimum absolute atomic E-state index is 0.00802. The van der Waals surface area contributed by atoms with E-state index in [0.717, 1.165) is 17.3 Å². The highest BCUT2D eigenvalue weighted by molar-refractivity contribution is 9.10. The number of nitrogens with zero attached hydrogens (tertiary/aromatic N) is 2. The normalized spacial score (nSPS) is 20.0. The third-order valence-electron chi connectivity index (χ3n) is 4.46. The molecule has 0 bridgehead atoms. The van der Waals surface area contributed by atoms with E-state index >= 15 is 0 Å². The molecule has 5 nitrogen and oxygen atoms in total. The van der Waals surface area contributed by atoms with Gasteiger partial charge >= 0.3 is 0 Å². The van der Waals surface area contributed by atoms with Crippen LogP contribution in [0.2, 0.25) is 0 Å². The van der Waals surface area contributed by atoms with Gasteiger partial charge in [-0.15, -0.1) is 0 Å². The van der Waals surface area contributed by atoms with Crippen LogP contribution in [0.1, 0.15) is 36.2 Å². The summed E-state index contributed by atoms with van der Waals surface area (Å²) in [6.45, 7) is 2.55. The van der Waals surface area contributed by atoms with Crippen LogP contribution in [0, 0.1) is 5.92 Å². The molecule has 1 aromatic rings. The van der Waals surface area contributed by atoms with Crippen molar-refractivity contribution in [3.05, 3.63) is 22.4 Å². The van der Waals surface area contributed by atoms with Crippen LogP contribution >= 0.6 is 15.9 Å². The standard InChI is InChI=1S/C15H20BrN3O2/c16-12-9-13(17-10-12)15(21)19-7-5-18(6-8-19)14(20)11-3-1-2-4-11/h9-11,17H,1-8H2. The molecular formula is C15H20BrN3O2. The smallest absolute Gasteiger partial charge is 0.270 e. The van der Waals surface area contributed by atoms with Gasteiger partial charge in [-0.05, 0) is 34.8 Å². The van der Waals surface area contributed by atoms with Crippen molar-refractivity contribution in [2.24, 2.45) is 5.92 Å². The zero-order chi connectivity index (χ0) is 14.8. The van der Waals surface area contributed by atoms with E-state index in [9.17, 15) is 9.59 Å². The van der Waals surface area contributed by atoms with Gasteiger partial charge in [0.05, 0.1) is 0 Å². The molecule has 1 aliphatic heterocycles. The molecule has 0 unspecified atom stereocenters.